The van der Waals surface area contributed by atoms with E-state index in [9.17, 15) is 23.1 Å². The fourth-order valence-corrected chi connectivity index (χ4v) is 4.84. The van der Waals surface area contributed by atoms with Crippen LogP contribution in [0.2, 0.25) is 5.02 Å². The Morgan fingerprint density at radius 1 is 0.974 bits per heavy atom. The molecule has 10 heteroatoms. The SMILES string of the molecule is COc1ccc(N2CCN(Cc3c(O)ccc4c(=O)c(-c5ccc(Cl)cc5)c(C(F)(F)F)oc34)CC2)cc1. The molecule has 1 aliphatic rings. The number of halogens is 4. The second-order valence-corrected chi connectivity index (χ2v) is 9.48. The van der Waals surface area contributed by atoms with Gasteiger partial charge in [0.2, 0.25) is 11.2 Å². The van der Waals surface area contributed by atoms with Crippen molar-refractivity contribution in [3.63, 3.8) is 0 Å². The molecular weight excluding hydrogens is 521 g/mol. The Kier molecular flexibility index (Phi) is 6.98. The van der Waals surface area contributed by atoms with Crippen LogP contribution in [-0.2, 0) is 12.7 Å². The van der Waals surface area contributed by atoms with E-state index in [4.69, 9.17) is 20.8 Å². The quantitative estimate of drug-likeness (QED) is 0.324. The molecular formula is C28H24ClF3N2O4. The number of nitrogens with zero attached hydrogens (tertiary/aromatic N) is 2. The van der Waals surface area contributed by atoms with Gasteiger partial charge in [0.1, 0.15) is 17.1 Å². The third kappa shape index (κ3) is 5.04. The van der Waals surface area contributed by atoms with Gasteiger partial charge < -0.3 is 19.2 Å². The first kappa shape index (κ1) is 25.9. The highest BCUT2D eigenvalue weighted by molar-refractivity contribution is 6.30. The minimum atomic E-state index is -4.94. The summed E-state index contributed by atoms with van der Waals surface area (Å²) in [5.41, 5.74) is -0.461. The van der Waals surface area contributed by atoms with Crippen molar-refractivity contribution in [1.29, 1.82) is 0 Å². The van der Waals surface area contributed by atoms with Crippen LogP contribution in [0, 0.1) is 0 Å². The average Bonchev–Trinajstić information content (AvgIpc) is 2.91. The molecule has 1 aliphatic heterocycles. The first-order valence-corrected chi connectivity index (χ1v) is 12.3. The predicted octanol–water partition coefficient (Wildman–Crippen LogP) is 6.17. The van der Waals surface area contributed by atoms with E-state index in [1.807, 2.05) is 29.2 Å². The molecule has 198 valence electrons. The largest absolute Gasteiger partial charge is 0.507 e. The van der Waals surface area contributed by atoms with E-state index >= 15 is 0 Å². The number of phenolic OH excluding ortho intramolecular Hbond substituents is 1. The number of phenols is 1. The first-order valence-electron chi connectivity index (χ1n) is 11.9. The number of ether oxygens (including phenoxy) is 1. The Bertz CT molecular complexity index is 1510. The first-order chi connectivity index (χ1) is 18.2. The maximum absolute atomic E-state index is 14.1. The number of piperazine rings is 1. The van der Waals surface area contributed by atoms with Gasteiger partial charge in [-0.3, -0.25) is 9.69 Å². The molecule has 0 amide bonds. The Balaban J connectivity index is 1.48. The fraction of sp³-hybridized carbons (Fsp3) is 0.250. The highest BCUT2D eigenvalue weighted by Gasteiger charge is 2.40. The van der Waals surface area contributed by atoms with Crippen LogP contribution in [0.25, 0.3) is 22.1 Å². The minimum absolute atomic E-state index is 0.0346. The zero-order valence-electron chi connectivity index (χ0n) is 20.4. The molecule has 2 heterocycles. The highest BCUT2D eigenvalue weighted by Crippen LogP contribution is 2.39. The van der Waals surface area contributed by atoms with Crippen LogP contribution >= 0.6 is 11.6 Å². The normalized spacial score (nSPS) is 14.7. The number of alkyl halides is 3. The molecule has 0 spiro atoms. The lowest BCUT2D eigenvalue weighted by Crippen LogP contribution is -2.46. The van der Waals surface area contributed by atoms with Crippen molar-refractivity contribution >= 4 is 28.3 Å². The maximum atomic E-state index is 14.1. The number of fused-ring (bicyclic) bond motifs is 1. The number of methoxy groups -OCH3 is 1. The Morgan fingerprint density at radius 2 is 1.63 bits per heavy atom. The van der Waals surface area contributed by atoms with Crippen molar-refractivity contribution in [3.8, 4) is 22.6 Å². The molecule has 1 aromatic heterocycles. The second kappa shape index (κ2) is 10.2. The Labute approximate surface area is 221 Å². The van der Waals surface area contributed by atoms with E-state index in [0.29, 0.717) is 31.2 Å². The van der Waals surface area contributed by atoms with Gasteiger partial charge in [0.05, 0.1) is 23.6 Å². The zero-order chi connectivity index (χ0) is 27.0. The molecule has 0 saturated carbocycles. The molecule has 4 aromatic rings. The van der Waals surface area contributed by atoms with Gasteiger partial charge in [0, 0.05) is 43.4 Å². The summed E-state index contributed by atoms with van der Waals surface area (Å²) in [7, 11) is 1.61. The van der Waals surface area contributed by atoms with Gasteiger partial charge in [0.25, 0.3) is 0 Å². The van der Waals surface area contributed by atoms with Crippen LogP contribution < -0.4 is 15.1 Å². The van der Waals surface area contributed by atoms with E-state index in [0.717, 1.165) is 11.4 Å². The molecule has 0 radical (unpaired) electrons. The lowest BCUT2D eigenvalue weighted by molar-refractivity contribution is -0.152. The van der Waals surface area contributed by atoms with Gasteiger partial charge in [-0.1, -0.05) is 23.7 Å². The van der Waals surface area contributed by atoms with Gasteiger partial charge in [-0.05, 0) is 54.1 Å². The van der Waals surface area contributed by atoms with Crippen LogP contribution in [-0.4, -0.2) is 43.3 Å². The summed E-state index contributed by atoms with van der Waals surface area (Å²) in [6.45, 7) is 2.68. The molecule has 1 saturated heterocycles. The number of anilines is 1. The van der Waals surface area contributed by atoms with E-state index < -0.39 is 22.9 Å². The molecule has 1 N–H and O–H groups in total. The summed E-state index contributed by atoms with van der Waals surface area (Å²) < 4.78 is 53.0. The second-order valence-electron chi connectivity index (χ2n) is 9.04. The molecule has 1 fully saturated rings. The van der Waals surface area contributed by atoms with Crippen molar-refractivity contribution in [3.05, 3.63) is 87.2 Å². The van der Waals surface area contributed by atoms with E-state index in [1.54, 1.807) is 7.11 Å². The van der Waals surface area contributed by atoms with E-state index in [-0.39, 0.29) is 34.4 Å². The zero-order valence-corrected chi connectivity index (χ0v) is 21.1. The Hall–Kier alpha value is -3.69. The highest BCUT2D eigenvalue weighted by atomic mass is 35.5. The molecule has 0 bridgehead atoms. The summed E-state index contributed by atoms with van der Waals surface area (Å²) in [5.74, 6) is -0.878. The van der Waals surface area contributed by atoms with Gasteiger partial charge in [0.15, 0.2) is 0 Å². The van der Waals surface area contributed by atoms with Crippen LogP contribution in [0.15, 0.2) is 69.9 Å². The summed E-state index contributed by atoms with van der Waals surface area (Å²) in [5, 5.41) is 10.9. The van der Waals surface area contributed by atoms with Crippen molar-refractivity contribution in [2.75, 3.05) is 38.2 Å². The van der Waals surface area contributed by atoms with Crippen molar-refractivity contribution < 1.29 is 27.4 Å². The summed E-state index contributed by atoms with van der Waals surface area (Å²) in [6, 6.07) is 15.8. The molecule has 38 heavy (non-hydrogen) atoms. The number of hydrogen-bond acceptors (Lipinski definition) is 6. The molecule has 5 rings (SSSR count). The summed E-state index contributed by atoms with van der Waals surface area (Å²) >= 11 is 5.89. The smallest absolute Gasteiger partial charge is 0.450 e. The van der Waals surface area contributed by atoms with Crippen LogP contribution in [0.4, 0.5) is 18.9 Å². The third-order valence-electron chi connectivity index (χ3n) is 6.72. The number of hydrogen-bond donors (Lipinski definition) is 1. The lowest BCUT2D eigenvalue weighted by atomic mass is 10.00. The van der Waals surface area contributed by atoms with Crippen molar-refractivity contribution in [2.45, 2.75) is 12.7 Å². The van der Waals surface area contributed by atoms with Crippen molar-refractivity contribution in [1.82, 2.24) is 4.90 Å². The molecule has 0 unspecified atom stereocenters. The maximum Gasteiger partial charge on any atom is 0.450 e. The van der Waals surface area contributed by atoms with Crippen LogP contribution in [0.3, 0.4) is 0 Å². The third-order valence-corrected chi connectivity index (χ3v) is 6.97. The van der Waals surface area contributed by atoms with Crippen LogP contribution in [0.5, 0.6) is 11.5 Å². The topological polar surface area (TPSA) is 66.2 Å². The Morgan fingerprint density at radius 3 is 2.24 bits per heavy atom. The lowest BCUT2D eigenvalue weighted by Gasteiger charge is -2.36. The number of rotatable bonds is 5. The van der Waals surface area contributed by atoms with Gasteiger partial charge >= 0.3 is 6.18 Å². The number of aromatic hydroxyl groups is 1. The van der Waals surface area contributed by atoms with Gasteiger partial charge in [-0.25, -0.2) is 0 Å². The molecule has 3 aromatic carbocycles. The van der Waals surface area contributed by atoms with E-state index in [2.05, 4.69) is 4.90 Å². The molecule has 0 aliphatic carbocycles. The number of benzene rings is 3. The summed E-state index contributed by atoms with van der Waals surface area (Å²) in [4.78, 5) is 17.6. The molecule has 6 nitrogen and oxygen atoms in total. The van der Waals surface area contributed by atoms with Gasteiger partial charge in [-0.15, -0.1) is 0 Å². The predicted molar refractivity (Wildman–Crippen MR) is 140 cm³/mol. The van der Waals surface area contributed by atoms with Crippen LogP contribution in [0.1, 0.15) is 11.3 Å². The summed E-state index contributed by atoms with van der Waals surface area (Å²) in [6.07, 6.45) is -4.94. The molecule has 0 atom stereocenters. The van der Waals surface area contributed by atoms with Gasteiger partial charge in [-0.2, -0.15) is 13.2 Å². The minimum Gasteiger partial charge on any atom is -0.507 e. The van der Waals surface area contributed by atoms with Crippen molar-refractivity contribution in [2.24, 2.45) is 0 Å². The average molecular weight is 545 g/mol. The standard InChI is InChI=1S/C28H24ClF3N2O4/c1-37-20-8-6-19(7-9-20)34-14-12-33(13-15-34)16-22-23(35)11-10-21-25(36)24(17-2-4-18(29)5-3-17)27(28(30,31)32)38-26(21)22/h2-11,35H,12-16H2,1H3. The van der Waals surface area contributed by atoms with E-state index in [1.165, 1.54) is 36.4 Å². The fourth-order valence-electron chi connectivity index (χ4n) is 4.72. The monoisotopic (exact) mass is 544 g/mol.